The number of hydrogen-bond acceptors (Lipinski definition) is 4. The van der Waals surface area contributed by atoms with E-state index in [1.807, 2.05) is 0 Å². The van der Waals surface area contributed by atoms with Crippen molar-refractivity contribution < 1.29 is 22.9 Å². The molecule has 0 aliphatic rings. The van der Waals surface area contributed by atoms with Crippen molar-refractivity contribution >= 4 is 16.0 Å². The second-order valence-electron chi connectivity index (χ2n) is 13.9. The summed E-state index contributed by atoms with van der Waals surface area (Å²) in [7, 11) is -4.35. The molecule has 1 amide bonds. The fourth-order valence-corrected chi connectivity index (χ4v) is 6.74. The molecule has 0 aromatic rings. The molecule has 0 fully saturated rings. The fourth-order valence-electron chi connectivity index (χ4n) is 6.01. The number of unbranched alkanes of at least 4 members (excludes halogenated alkanes) is 24. The maximum Gasteiger partial charge on any atom is 0.267 e. The lowest BCUT2D eigenvalue weighted by Gasteiger charge is -2.21. The molecular formula is C41H77NO5S. The van der Waals surface area contributed by atoms with Gasteiger partial charge in [-0.2, -0.15) is 8.42 Å². The van der Waals surface area contributed by atoms with E-state index in [-0.39, 0.29) is 12.3 Å². The Hall–Kier alpha value is -1.44. The zero-order valence-corrected chi connectivity index (χ0v) is 32.2. The normalized spacial score (nSPS) is 13.7. The van der Waals surface area contributed by atoms with Crippen LogP contribution >= 0.6 is 0 Å². The largest absolute Gasteiger partial charge is 0.387 e. The molecule has 0 aromatic carbocycles. The maximum atomic E-state index is 12.5. The minimum absolute atomic E-state index is 0.288. The van der Waals surface area contributed by atoms with E-state index in [1.165, 1.54) is 141 Å². The maximum absolute atomic E-state index is 12.5. The topological polar surface area (TPSA) is 104 Å². The zero-order chi connectivity index (χ0) is 35.4. The summed E-state index contributed by atoms with van der Waals surface area (Å²) in [6, 6.07) is -1.08. The van der Waals surface area contributed by atoms with Crippen molar-refractivity contribution in [2.45, 2.75) is 212 Å². The van der Waals surface area contributed by atoms with Crippen LogP contribution in [-0.4, -0.2) is 41.9 Å². The van der Waals surface area contributed by atoms with Gasteiger partial charge in [0.05, 0.1) is 17.9 Å². The molecule has 0 saturated carbocycles. The summed E-state index contributed by atoms with van der Waals surface area (Å²) < 4.78 is 32.4. The van der Waals surface area contributed by atoms with Crippen molar-refractivity contribution in [2.24, 2.45) is 0 Å². The van der Waals surface area contributed by atoms with E-state index in [0.717, 1.165) is 38.5 Å². The summed E-state index contributed by atoms with van der Waals surface area (Å²) in [6.07, 6.45) is 45.6. The summed E-state index contributed by atoms with van der Waals surface area (Å²) in [5.41, 5.74) is 0. The van der Waals surface area contributed by atoms with Crippen LogP contribution in [0.25, 0.3) is 0 Å². The van der Waals surface area contributed by atoms with E-state index in [1.54, 1.807) is 6.08 Å². The standard InChI is InChI=1S/C41H77NO5S/c1-3-5-7-9-11-13-15-17-19-21-22-24-26-28-30-32-34-36-40(43)39(38-48(45,46)47)42-41(44)37-35-33-31-29-27-25-23-20-18-16-14-12-10-8-6-4-2/h19,21,26,28,34,36,39-40,43H,3-18,20,22-25,27,29-33,35,37-38H2,1-2H3,(H,42,44)(H,45,46,47)/b21-19+,28-26+,36-34+. The first kappa shape index (κ1) is 46.6. The second-order valence-corrected chi connectivity index (χ2v) is 15.4. The molecule has 0 bridgehead atoms. The van der Waals surface area contributed by atoms with Gasteiger partial charge in [0.1, 0.15) is 0 Å². The first-order valence-electron chi connectivity index (χ1n) is 20.2. The number of aliphatic hydroxyl groups excluding tert-OH is 1. The highest BCUT2D eigenvalue weighted by Gasteiger charge is 2.24. The van der Waals surface area contributed by atoms with Crippen molar-refractivity contribution in [3.8, 4) is 0 Å². The van der Waals surface area contributed by atoms with Crippen LogP contribution in [0.5, 0.6) is 0 Å². The molecule has 0 spiro atoms. The van der Waals surface area contributed by atoms with Crippen molar-refractivity contribution in [3.63, 3.8) is 0 Å². The Morgan fingerprint density at radius 2 is 0.896 bits per heavy atom. The Morgan fingerprint density at radius 3 is 1.31 bits per heavy atom. The molecule has 0 aliphatic carbocycles. The number of aliphatic hydroxyl groups is 1. The summed E-state index contributed by atoms with van der Waals surface area (Å²) >= 11 is 0. The Kier molecular flexibility index (Phi) is 34.3. The van der Waals surface area contributed by atoms with Crippen LogP contribution in [-0.2, 0) is 14.9 Å². The molecule has 0 aliphatic heterocycles. The minimum atomic E-state index is -4.35. The van der Waals surface area contributed by atoms with Gasteiger partial charge in [-0.1, -0.05) is 185 Å². The molecule has 7 heteroatoms. The van der Waals surface area contributed by atoms with Gasteiger partial charge in [0, 0.05) is 6.42 Å². The van der Waals surface area contributed by atoms with Gasteiger partial charge < -0.3 is 10.4 Å². The molecule has 0 heterocycles. The predicted octanol–water partition coefficient (Wildman–Crippen LogP) is 11.7. The Labute approximate surface area is 297 Å². The quantitative estimate of drug-likeness (QED) is 0.0344. The first-order valence-corrected chi connectivity index (χ1v) is 21.8. The van der Waals surface area contributed by atoms with Crippen molar-refractivity contribution in [3.05, 3.63) is 36.5 Å². The summed E-state index contributed by atoms with van der Waals surface area (Å²) in [5, 5.41) is 13.2. The highest BCUT2D eigenvalue weighted by molar-refractivity contribution is 7.85. The Morgan fingerprint density at radius 1 is 0.542 bits per heavy atom. The van der Waals surface area contributed by atoms with E-state index >= 15 is 0 Å². The average molecular weight is 696 g/mol. The molecule has 2 atom stereocenters. The van der Waals surface area contributed by atoms with Crippen LogP contribution < -0.4 is 5.32 Å². The van der Waals surface area contributed by atoms with E-state index in [9.17, 15) is 22.9 Å². The SMILES string of the molecule is CCCCCCCCC/C=C/CC/C=C/CC/C=C/C(O)C(CS(=O)(=O)O)NC(=O)CCCCCCCCCCCCCCCCCC. The van der Waals surface area contributed by atoms with Gasteiger partial charge in [-0.05, 0) is 44.9 Å². The lowest BCUT2D eigenvalue weighted by atomic mass is 10.0. The monoisotopic (exact) mass is 696 g/mol. The van der Waals surface area contributed by atoms with Gasteiger partial charge in [-0.3, -0.25) is 9.35 Å². The first-order chi connectivity index (χ1) is 23.3. The number of nitrogens with one attached hydrogen (secondary N) is 1. The van der Waals surface area contributed by atoms with Gasteiger partial charge in [0.25, 0.3) is 10.1 Å². The average Bonchev–Trinajstić information content (AvgIpc) is 3.05. The number of carbonyl (C=O) groups excluding carboxylic acids is 1. The molecule has 2 unspecified atom stereocenters. The Bertz CT molecular complexity index is 899. The summed E-state index contributed by atoms with van der Waals surface area (Å²) in [6.45, 7) is 4.52. The molecule has 0 saturated heterocycles. The van der Waals surface area contributed by atoms with E-state index in [0.29, 0.717) is 6.42 Å². The molecule has 0 radical (unpaired) electrons. The van der Waals surface area contributed by atoms with Gasteiger partial charge in [-0.15, -0.1) is 0 Å². The third-order valence-corrected chi connectivity index (χ3v) is 9.83. The fraction of sp³-hybridized carbons (Fsp3) is 0.829. The summed E-state index contributed by atoms with van der Waals surface area (Å²) in [5.74, 6) is -1.00. The summed E-state index contributed by atoms with van der Waals surface area (Å²) in [4.78, 5) is 12.5. The van der Waals surface area contributed by atoms with Gasteiger partial charge in [-0.25, -0.2) is 0 Å². The van der Waals surface area contributed by atoms with Gasteiger partial charge in [0.2, 0.25) is 5.91 Å². The third kappa shape index (κ3) is 35.9. The lowest BCUT2D eigenvalue weighted by molar-refractivity contribution is -0.122. The van der Waals surface area contributed by atoms with Crippen LogP contribution in [0.4, 0.5) is 0 Å². The molecular weight excluding hydrogens is 619 g/mol. The minimum Gasteiger partial charge on any atom is -0.387 e. The molecule has 3 N–H and O–H groups in total. The molecule has 48 heavy (non-hydrogen) atoms. The predicted molar refractivity (Wildman–Crippen MR) is 207 cm³/mol. The second kappa shape index (κ2) is 35.4. The number of carbonyl (C=O) groups is 1. The number of allylic oxidation sites excluding steroid dienone is 5. The molecule has 0 rings (SSSR count). The zero-order valence-electron chi connectivity index (χ0n) is 31.4. The number of hydrogen-bond donors (Lipinski definition) is 3. The highest BCUT2D eigenvalue weighted by Crippen LogP contribution is 2.14. The van der Waals surface area contributed by atoms with E-state index in [2.05, 4.69) is 43.5 Å². The molecule has 0 aromatic heterocycles. The van der Waals surface area contributed by atoms with Gasteiger partial charge in [0.15, 0.2) is 0 Å². The number of rotatable bonds is 36. The van der Waals surface area contributed by atoms with Crippen LogP contribution in [0.3, 0.4) is 0 Å². The third-order valence-electron chi connectivity index (χ3n) is 9.05. The number of amides is 1. The lowest BCUT2D eigenvalue weighted by Crippen LogP contribution is -2.46. The van der Waals surface area contributed by atoms with Crippen molar-refractivity contribution in [1.82, 2.24) is 5.32 Å². The van der Waals surface area contributed by atoms with E-state index in [4.69, 9.17) is 0 Å². The smallest absolute Gasteiger partial charge is 0.267 e. The molecule has 6 nitrogen and oxygen atoms in total. The van der Waals surface area contributed by atoms with Crippen LogP contribution in [0.1, 0.15) is 200 Å². The van der Waals surface area contributed by atoms with Crippen molar-refractivity contribution in [2.75, 3.05) is 5.75 Å². The van der Waals surface area contributed by atoms with E-state index < -0.39 is 28.0 Å². The van der Waals surface area contributed by atoms with Crippen LogP contribution in [0.15, 0.2) is 36.5 Å². The highest BCUT2D eigenvalue weighted by atomic mass is 32.2. The molecule has 282 valence electrons. The van der Waals surface area contributed by atoms with Gasteiger partial charge >= 0.3 is 0 Å². The van der Waals surface area contributed by atoms with Crippen molar-refractivity contribution in [1.29, 1.82) is 0 Å². The Balaban J connectivity index is 4.00. The van der Waals surface area contributed by atoms with Crippen LogP contribution in [0.2, 0.25) is 0 Å². The van der Waals surface area contributed by atoms with Crippen LogP contribution in [0, 0.1) is 0 Å².